The van der Waals surface area contributed by atoms with E-state index in [1.807, 2.05) is 19.1 Å². The van der Waals surface area contributed by atoms with Gasteiger partial charge >= 0.3 is 6.09 Å². The molecule has 3 rings (SSSR count). The van der Waals surface area contributed by atoms with Gasteiger partial charge in [-0.3, -0.25) is 9.59 Å². The Morgan fingerprint density at radius 3 is 2.00 bits per heavy atom. The van der Waals surface area contributed by atoms with Crippen LogP contribution in [0.5, 0.6) is 0 Å². The van der Waals surface area contributed by atoms with Crippen molar-refractivity contribution in [3.8, 4) is 0 Å². The second kappa shape index (κ2) is 16.4. The Morgan fingerprint density at radius 1 is 0.884 bits per heavy atom. The molecule has 0 saturated heterocycles. The Kier molecular flexibility index (Phi) is 12.7. The highest BCUT2D eigenvalue weighted by molar-refractivity contribution is 7.89. The minimum atomic E-state index is -3.94. The quantitative estimate of drug-likeness (QED) is 0.193. The van der Waals surface area contributed by atoms with Gasteiger partial charge in [0, 0.05) is 13.1 Å². The Bertz CT molecular complexity index is 1420. The van der Waals surface area contributed by atoms with E-state index in [1.54, 1.807) is 66.7 Å². The second-order valence-corrected chi connectivity index (χ2v) is 11.9. The van der Waals surface area contributed by atoms with Gasteiger partial charge < -0.3 is 26.2 Å². The van der Waals surface area contributed by atoms with Crippen molar-refractivity contribution in [3.05, 3.63) is 102 Å². The Labute approximate surface area is 252 Å². The summed E-state index contributed by atoms with van der Waals surface area (Å²) in [5.41, 5.74) is 6.84. The predicted molar refractivity (Wildman–Crippen MR) is 161 cm³/mol. The highest BCUT2D eigenvalue weighted by atomic mass is 32.2. The Balaban J connectivity index is 1.79. The summed E-state index contributed by atoms with van der Waals surface area (Å²) in [5, 5.41) is 16.4. The molecule has 0 saturated carbocycles. The second-order valence-electron chi connectivity index (χ2n) is 9.98. The summed E-state index contributed by atoms with van der Waals surface area (Å²) in [4.78, 5) is 37.7. The third kappa shape index (κ3) is 10.5. The van der Waals surface area contributed by atoms with E-state index in [0.717, 1.165) is 11.1 Å². The summed E-state index contributed by atoms with van der Waals surface area (Å²) in [6.07, 6.45) is -2.18. The largest absolute Gasteiger partial charge is 0.445 e. The van der Waals surface area contributed by atoms with Gasteiger partial charge in [0.15, 0.2) is 0 Å². The number of aliphatic hydroxyl groups is 1. The van der Waals surface area contributed by atoms with Gasteiger partial charge in [-0.25, -0.2) is 13.2 Å². The highest BCUT2D eigenvalue weighted by Crippen LogP contribution is 2.18. The third-order valence-corrected chi connectivity index (χ3v) is 8.44. The normalized spacial score (nSPS) is 13.5. The Morgan fingerprint density at radius 2 is 1.44 bits per heavy atom. The summed E-state index contributed by atoms with van der Waals surface area (Å²) in [5.74, 6) is -1.63. The maximum absolute atomic E-state index is 13.4. The average Bonchev–Trinajstić information content (AvgIpc) is 3.00. The first kappa shape index (κ1) is 33.2. The van der Waals surface area contributed by atoms with Gasteiger partial charge in [-0.05, 0) is 36.1 Å². The zero-order chi connectivity index (χ0) is 31.2. The van der Waals surface area contributed by atoms with Gasteiger partial charge in [-0.15, -0.1) is 0 Å². The Hall–Kier alpha value is -4.26. The van der Waals surface area contributed by atoms with Crippen molar-refractivity contribution in [2.75, 3.05) is 13.1 Å². The molecule has 0 radical (unpaired) electrons. The summed E-state index contributed by atoms with van der Waals surface area (Å²) < 4.78 is 33.2. The lowest BCUT2D eigenvalue weighted by Gasteiger charge is -2.30. The number of primary amides is 1. The molecule has 0 aliphatic carbocycles. The van der Waals surface area contributed by atoms with Crippen LogP contribution in [0.15, 0.2) is 95.9 Å². The van der Waals surface area contributed by atoms with E-state index >= 15 is 0 Å². The number of hydrogen-bond donors (Lipinski definition) is 4. The number of nitrogens with zero attached hydrogens (tertiary/aromatic N) is 1. The molecule has 12 heteroatoms. The fraction of sp³-hybridized carbons (Fsp3) is 0.323. The molecule has 0 aromatic heterocycles. The highest BCUT2D eigenvalue weighted by Gasteiger charge is 2.32. The predicted octanol–water partition coefficient (Wildman–Crippen LogP) is 2.35. The molecule has 0 bridgehead atoms. The lowest BCUT2D eigenvalue weighted by molar-refractivity contribution is -0.128. The van der Waals surface area contributed by atoms with Crippen molar-refractivity contribution < 1.29 is 32.6 Å². The van der Waals surface area contributed by atoms with Crippen molar-refractivity contribution in [2.24, 2.45) is 5.73 Å². The standard InChI is InChI=1S/C31H38N4O7S/c1-2-18-35(43(40,41)25-16-10-5-11-17-25)21-28(36)26(19-23-12-6-3-7-13-23)33-30(38)27(20-29(32)37)34-31(39)42-22-24-14-8-4-9-15-24/h3-17,26-28,36H,2,18-22H2,1H3,(H2,32,37)(H,33,38)(H,34,39)/t26-,27?,28+/m0/s1. The van der Waals surface area contributed by atoms with Gasteiger partial charge in [-0.1, -0.05) is 85.8 Å². The molecular weight excluding hydrogens is 572 g/mol. The molecular formula is C31H38N4O7S. The van der Waals surface area contributed by atoms with E-state index < -0.39 is 52.5 Å². The fourth-order valence-electron chi connectivity index (χ4n) is 4.39. The smallest absolute Gasteiger partial charge is 0.408 e. The zero-order valence-corrected chi connectivity index (χ0v) is 24.8. The van der Waals surface area contributed by atoms with Gasteiger partial charge in [0.25, 0.3) is 0 Å². The number of aliphatic hydroxyl groups excluding tert-OH is 1. The van der Waals surface area contributed by atoms with Gasteiger partial charge in [-0.2, -0.15) is 4.31 Å². The van der Waals surface area contributed by atoms with Crippen molar-refractivity contribution >= 4 is 27.9 Å². The third-order valence-electron chi connectivity index (χ3n) is 6.56. The number of nitrogens with one attached hydrogen (secondary N) is 2. The molecule has 3 aromatic rings. The number of carbonyl (C=O) groups is 3. The van der Waals surface area contributed by atoms with Crippen LogP contribution in [0.25, 0.3) is 0 Å². The molecule has 0 heterocycles. The number of amides is 3. The summed E-state index contributed by atoms with van der Waals surface area (Å²) in [6.45, 7) is 1.59. The summed E-state index contributed by atoms with van der Waals surface area (Å²) in [7, 11) is -3.94. The molecule has 0 spiro atoms. The van der Waals surface area contributed by atoms with E-state index in [0.29, 0.717) is 6.42 Å². The van der Waals surface area contributed by atoms with Gasteiger partial charge in [0.2, 0.25) is 21.8 Å². The maximum atomic E-state index is 13.4. The number of benzene rings is 3. The molecule has 230 valence electrons. The lowest BCUT2D eigenvalue weighted by Crippen LogP contribution is -2.56. The molecule has 1 unspecified atom stereocenters. The van der Waals surface area contributed by atoms with Crippen LogP contribution in [-0.2, 0) is 37.4 Å². The molecule has 3 aromatic carbocycles. The first-order chi connectivity index (χ1) is 20.6. The molecule has 43 heavy (non-hydrogen) atoms. The van der Waals surface area contributed by atoms with Crippen molar-refractivity contribution in [3.63, 3.8) is 0 Å². The molecule has 11 nitrogen and oxygen atoms in total. The lowest BCUT2D eigenvalue weighted by atomic mass is 10.00. The van der Waals surface area contributed by atoms with Crippen molar-refractivity contribution in [2.45, 2.75) is 55.9 Å². The number of rotatable bonds is 16. The van der Waals surface area contributed by atoms with Crippen LogP contribution in [0.3, 0.4) is 0 Å². The number of ether oxygens (including phenoxy) is 1. The van der Waals surface area contributed by atoms with Crippen LogP contribution >= 0.6 is 0 Å². The number of hydrogen-bond acceptors (Lipinski definition) is 7. The average molecular weight is 611 g/mol. The molecule has 0 aliphatic rings. The van der Waals surface area contributed by atoms with Crippen LogP contribution in [-0.4, -0.2) is 67.0 Å². The van der Waals surface area contributed by atoms with Crippen LogP contribution in [0.2, 0.25) is 0 Å². The summed E-state index contributed by atoms with van der Waals surface area (Å²) in [6, 6.07) is 23.4. The van der Waals surface area contributed by atoms with Crippen LogP contribution in [0, 0.1) is 0 Å². The van der Waals surface area contributed by atoms with E-state index in [-0.39, 0.29) is 31.0 Å². The van der Waals surface area contributed by atoms with Crippen LogP contribution < -0.4 is 16.4 Å². The molecule has 3 amide bonds. The van der Waals surface area contributed by atoms with Gasteiger partial charge in [0.05, 0.1) is 23.5 Å². The van der Waals surface area contributed by atoms with Crippen LogP contribution in [0.1, 0.15) is 30.9 Å². The molecule has 3 atom stereocenters. The first-order valence-electron chi connectivity index (χ1n) is 13.9. The minimum absolute atomic E-state index is 0.0594. The van der Waals surface area contributed by atoms with E-state index in [1.165, 1.54) is 16.4 Å². The van der Waals surface area contributed by atoms with Crippen molar-refractivity contribution in [1.82, 2.24) is 14.9 Å². The molecule has 0 fully saturated rings. The monoisotopic (exact) mass is 610 g/mol. The summed E-state index contributed by atoms with van der Waals surface area (Å²) >= 11 is 0. The molecule has 5 N–H and O–H groups in total. The maximum Gasteiger partial charge on any atom is 0.408 e. The van der Waals surface area contributed by atoms with E-state index in [9.17, 15) is 27.9 Å². The first-order valence-corrected chi connectivity index (χ1v) is 15.4. The fourth-order valence-corrected chi connectivity index (χ4v) is 5.96. The number of alkyl carbamates (subject to hydrolysis) is 1. The number of carbonyl (C=O) groups excluding carboxylic acids is 3. The van der Waals surface area contributed by atoms with Crippen molar-refractivity contribution in [1.29, 1.82) is 0 Å². The number of sulfonamides is 1. The number of nitrogens with two attached hydrogens (primary N) is 1. The van der Waals surface area contributed by atoms with E-state index in [4.69, 9.17) is 10.5 Å². The topological polar surface area (TPSA) is 168 Å². The van der Waals surface area contributed by atoms with Gasteiger partial charge in [0.1, 0.15) is 12.6 Å². The van der Waals surface area contributed by atoms with E-state index in [2.05, 4.69) is 10.6 Å². The SMILES string of the molecule is CCCN(C[C@@H](O)[C@H](Cc1ccccc1)NC(=O)C(CC(N)=O)NC(=O)OCc1ccccc1)S(=O)(=O)c1ccccc1. The minimum Gasteiger partial charge on any atom is -0.445 e. The molecule has 0 aliphatic heterocycles. The van der Waals surface area contributed by atoms with Crippen LogP contribution in [0.4, 0.5) is 4.79 Å². The zero-order valence-electron chi connectivity index (χ0n) is 24.0.